The molecule has 21 heavy (non-hydrogen) atoms. The summed E-state index contributed by atoms with van der Waals surface area (Å²) >= 11 is 1.55. The van der Waals surface area contributed by atoms with E-state index in [2.05, 4.69) is 30.1 Å². The predicted molar refractivity (Wildman–Crippen MR) is 87.6 cm³/mol. The molecule has 0 radical (unpaired) electrons. The summed E-state index contributed by atoms with van der Waals surface area (Å²) < 4.78 is 0. The zero-order valence-electron chi connectivity index (χ0n) is 11.5. The van der Waals surface area contributed by atoms with Crippen molar-refractivity contribution in [3.63, 3.8) is 0 Å². The van der Waals surface area contributed by atoms with Gasteiger partial charge in [-0.15, -0.1) is 0 Å². The molecule has 0 atom stereocenters. The lowest BCUT2D eigenvalue weighted by molar-refractivity contribution is 0.104. The number of rotatable bonds is 1. The minimum absolute atomic E-state index is 0.122. The van der Waals surface area contributed by atoms with E-state index in [0.717, 1.165) is 31.8 Å². The number of hydrogen-bond acceptors (Lipinski definition) is 2. The van der Waals surface area contributed by atoms with Crippen molar-refractivity contribution in [3.05, 3.63) is 70.3 Å². The van der Waals surface area contributed by atoms with Gasteiger partial charge in [-0.2, -0.15) is 0 Å². The third-order valence-electron chi connectivity index (χ3n) is 3.73. The Morgan fingerprint density at radius 2 is 2.00 bits per heavy atom. The zero-order chi connectivity index (χ0) is 14.4. The molecule has 102 valence electrons. The first kappa shape index (κ1) is 12.5. The number of benzene rings is 2. The molecule has 1 aromatic heterocycles. The number of thioether (sulfide) groups is 1. The van der Waals surface area contributed by atoms with E-state index in [1.807, 2.05) is 36.5 Å². The van der Waals surface area contributed by atoms with Crippen LogP contribution in [-0.4, -0.2) is 10.8 Å². The molecule has 2 aromatic carbocycles. The number of aromatic nitrogens is 1. The van der Waals surface area contributed by atoms with Crippen LogP contribution in [0.4, 0.5) is 0 Å². The van der Waals surface area contributed by atoms with Gasteiger partial charge >= 0.3 is 0 Å². The summed E-state index contributed by atoms with van der Waals surface area (Å²) in [6.07, 6.45) is 3.95. The van der Waals surface area contributed by atoms with Gasteiger partial charge in [-0.3, -0.25) is 4.79 Å². The maximum atomic E-state index is 12.4. The van der Waals surface area contributed by atoms with Gasteiger partial charge in [-0.05, 0) is 36.8 Å². The Hall–Kier alpha value is -2.26. The van der Waals surface area contributed by atoms with Crippen LogP contribution in [0.15, 0.2) is 58.5 Å². The van der Waals surface area contributed by atoms with E-state index in [1.54, 1.807) is 11.8 Å². The number of hydrogen-bond donors (Lipinski definition) is 1. The Bertz CT molecular complexity index is 904. The molecule has 0 unspecified atom stereocenters. The highest BCUT2D eigenvalue weighted by atomic mass is 32.2. The fraction of sp³-hybridized carbons (Fsp3) is 0.0556. The topological polar surface area (TPSA) is 32.9 Å². The largest absolute Gasteiger partial charge is 0.361 e. The van der Waals surface area contributed by atoms with E-state index < -0.39 is 0 Å². The molecule has 0 aliphatic carbocycles. The van der Waals surface area contributed by atoms with Gasteiger partial charge in [-0.1, -0.05) is 36.0 Å². The highest BCUT2D eigenvalue weighted by Gasteiger charge is 2.25. The number of aryl methyl sites for hydroxylation is 1. The summed E-state index contributed by atoms with van der Waals surface area (Å²) in [5, 5.41) is 1.15. The first-order valence-corrected chi connectivity index (χ1v) is 7.65. The minimum Gasteiger partial charge on any atom is -0.361 e. The maximum absolute atomic E-state index is 12.4. The molecule has 1 N–H and O–H groups in total. The predicted octanol–water partition coefficient (Wildman–Crippen LogP) is 4.81. The average molecular weight is 291 g/mol. The van der Waals surface area contributed by atoms with Crippen molar-refractivity contribution in [3.8, 4) is 0 Å². The second-order valence-corrected chi connectivity index (χ2v) is 6.31. The molecule has 0 saturated carbocycles. The van der Waals surface area contributed by atoms with E-state index in [9.17, 15) is 4.79 Å². The normalized spacial score (nSPS) is 15.9. The number of nitrogens with one attached hydrogen (secondary N) is 1. The van der Waals surface area contributed by atoms with Crippen LogP contribution < -0.4 is 0 Å². The Morgan fingerprint density at radius 3 is 2.86 bits per heavy atom. The van der Waals surface area contributed by atoms with Gasteiger partial charge in [-0.25, -0.2) is 0 Å². The third kappa shape index (κ3) is 2.01. The SMILES string of the molecule is Cc1ccc2c(C=C3Sc4ccccc4C3=O)c[nH]c2c1. The van der Waals surface area contributed by atoms with Crippen molar-refractivity contribution in [2.45, 2.75) is 11.8 Å². The maximum Gasteiger partial charge on any atom is 0.200 e. The van der Waals surface area contributed by atoms with Crippen LogP contribution in [-0.2, 0) is 0 Å². The fourth-order valence-electron chi connectivity index (χ4n) is 2.66. The quantitative estimate of drug-likeness (QED) is 0.653. The van der Waals surface area contributed by atoms with E-state index in [1.165, 1.54) is 5.56 Å². The molecule has 0 spiro atoms. The number of fused-ring (bicyclic) bond motifs is 2. The smallest absolute Gasteiger partial charge is 0.200 e. The van der Waals surface area contributed by atoms with Gasteiger partial charge in [0.25, 0.3) is 0 Å². The van der Waals surface area contributed by atoms with E-state index in [0.29, 0.717) is 0 Å². The third-order valence-corrected chi connectivity index (χ3v) is 4.83. The molecule has 2 heterocycles. The molecule has 2 nitrogen and oxygen atoms in total. The Balaban J connectivity index is 1.80. The molecule has 0 fully saturated rings. The number of allylic oxidation sites excluding steroid dienone is 1. The van der Waals surface area contributed by atoms with Crippen molar-refractivity contribution in [1.29, 1.82) is 0 Å². The zero-order valence-corrected chi connectivity index (χ0v) is 12.3. The molecular formula is C18H13NOS. The van der Waals surface area contributed by atoms with Crippen LogP contribution in [0.5, 0.6) is 0 Å². The number of Topliss-reactive ketones (excluding diaryl/α,β-unsaturated/α-hetero) is 1. The monoisotopic (exact) mass is 291 g/mol. The van der Waals surface area contributed by atoms with Gasteiger partial charge < -0.3 is 4.98 Å². The summed E-state index contributed by atoms with van der Waals surface area (Å²) in [4.78, 5) is 17.5. The second kappa shape index (κ2) is 4.64. The standard InChI is InChI=1S/C18H13NOS/c1-11-6-7-13-12(10-19-15(13)8-11)9-17-18(20)14-4-2-3-5-16(14)21-17/h2-10,19H,1H3. The van der Waals surface area contributed by atoms with Gasteiger partial charge in [0.05, 0.1) is 4.91 Å². The van der Waals surface area contributed by atoms with Crippen LogP contribution in [0.25, 0.3) is 17.0 Å². The van der Waals surface area contributed by atoms with Crippen LogP contribution >= 0.6 is 11.8 Å². The molecule has 1 aliphatic heterocycles. The summed E-state index contributed by atoms with van der Waals surface area (Å²) in [6.45, 7) is 2.07. The highest BCUT2D eigenvalue weighted by Crippen LogP contribution is 2.41. The summed E-state index contributed by atoms with van der Waals surface area (Å²) in [5.41, 5.74) is 4.20. The van der Waals surface area contributed by atoms with Crippen LogP contribution in [0.2, 0.25) is 0 Å². The lowest BCUT2D eigenvalue weighted by Crippen LogP contribution is -1.93. The molecule has 0 amide bonds. The Labute approximate surface area is 126 Å². The van der Waals surface area contributed by atoms with Crippen LogP contribution in [0, 0.1) is 6.92 Å². The number of carbonyl (C=O) groups excluding carboxylic acids is 1. The molecule has 0 saturated heterocycles. The summed E-state index contributed by atoms with van der Waals surface area (Å²) in [6, 6.07) is 14.1. The molecule has 4 rings (SSSR count). The summed E-state index contributed by atoms with van der Waals surface area (Å²) in [7, 11) is 0. The van der Waals surface area contributed by atoms with Crippen LogP contribution in [0.3, 0.4) is 0 Å². The first-order valence-electron chi connectivity index (χ1n) is 6.83. The van der Waals surface area contributed by atoms with Crippen molar-refractivity contribution >= 4 is 34.5 Å². The van der Waals surface area contributed by atoms with Gasteiger partial charge in [0.2, 0.25) is 5.78 Å². The Morgan fingerprint density at radius 1 is 1.14 bits per heavy atom. The molecule has 0 bridgehead atoms. The van der Waals surface area contributed by atoms with Crippen molar-refractivity contribution < 1.29 is 4.79 Å². The Kier molecular flexibility index (Phi) is 2.76. The van der Waals surface area contributed by atoms with Crippen molar-refractivity contribution in [2.24, 2.45) is 0 Å². The fourth-order valence-corrected chi connectivity index (χ4v) is 3.70. The average Bonchev–Trinajstić information content (AvgIpc) is 3.02. The second-order valence-electron chi connectivity index (χ2n) is 5.23. The summed E-state index contributed by atoms with van der Waals surface area (Å²) in [5.74, 6) is 0.122. The van der Waals surface area contributed by atoms with E-state index >= 15 is 0 Å². The highest BCUT2D eigenvalue weighted by molar-refractivity contribution is 8.04. The molecular weight excluding hydrogens is 278 g/mol. The molecule has 3 aromatic rings. The lowest BCUT2D eigenvalue weighted by atomic mass is 10.1. The van der Waals surface area contributed by atoms with Crippen molar-refractivity contribution in [2.75, 3.05) is 0 Å². The first-order chi connectivity index (χ1) is 10.2. The van der Waals surface area contributed by atoms with E-state index in [4.69, 9.17) is 0 Å². The van der Waals surface area contributed by atoms with Crippen LogP contribution in [0.1, 0.15) is 21.5 Å². The van der Waals surface area contributed by atoms with Gasteiger partial charge in [0, 0.05) is 33.1 Å². The van der Waals surface area contributed by atoms with Gasteiger partial charge in [0.1, 0.15) is 0 Å². The van der Waals surface area contributed by atoms with Crippen molar-refractivity contribution in [1.82, 2.24) is 4.98 Å². The minimum atomic E-state index is 0.122. The lowest BCUT2D eigenvalue weighted by Gasteiger charge is -1.96. The van der Waals surface area contributed by atoms with E-state index in [-0.39, 0.29) is 5.78 Å². The molecule has 1 aliphatic rings. The number of carbonyl (C=O) groups is 1. The molecule has 3 heteroatoms. The number of H-pyrrole nitrogens is 1. The van der Waals surface area contributed by atoms with Gasteiger partial charge in [0.15, 0.2) is 0 Å². The number of ketones is 1. The number of aromatic amines is 1.